The number of aromatic amines is 1. The summed E-state index contributed by atoms with van der Waals surface area (Å²) in [7, 11) is 0. The van der Waals surface area contributed by atoms with E-state index in [1.54, 1.807) is 0 Å². The summed E-state index contributed by atoms with van der Waals surface area (Å²) in [6.45, 7) is 7.82. The van der Waals surface area contributed by atoms with Crippen LogP contribution in [-0.2, 0) is 6.54 Å². The fourth-order valence-corrected chi connectivity index (χ4v) is 3.07. The Morgan fingerprint density at radius 2 is 1.89 bits per heavy atom. The first-order valence-electron chi connectivity index (χ1n) is 6.76. The molecule has 0 spiro atoms. The van der Waals surface area contributed by atoms with E-state index < -0.39 is 0 Å². The number of fused-ring (bicyclic) bond motifs is 1. The van der Waals surface area contributed by atoms with Crippen molar-refractivity contribution in [2.24, 2.45) is 0 Å². The molecule has 2 unspecified atom stereocenters. The van der Waals surface area contributed by atoms with Crippen LogP contribution in [0, 0.1) is 0 Å². The molecule has 0 bridgehead atoms. The molecule has 1 saturated heterocycles. The number of para-hydroxylation sites is 1. The quantitative estimate of drug-likeness (QED) is 0.848. The summed E-state index contributed by atoms with van der Waals surface area (Å²) in [6.07, 6.45) is 2.15. The molecule has 2 atom stereocenters. The van der Waals surface area contributed by atoms with E-state index in [4.69, 9.17) is 0 Å². The minimum absolute atomic E-state index is 0.582. The SMILES string of the molecule is CC1CN(Cc2c[nH]c3ccccc23)CC(C)N1. The molecule has 2 aromatic rings. The highest BCUT2D eigenvalue weighted by molar-refractivity contribution is 5.82. The van der Waals surface area contributed by atoms with Crippen LogP contribution in [0.2, 0.25) is 0 Å². The van der Waals surface area contributed by atoms with Crippen LogP contribution in [0.3, 0.4) is 0 Å². The van der Waals surface area contributed by atoms with Crippen LogP contribution in [0.25, 0.3) is 10.9 Å². The van der Waals surface area contributed by atoms with Crippen molar-refractivity contribution in [3.8, 4) is 0 Å². The highest BCUT2D eigenvalue weighted by Gasteiger charge is 2.21. The second-order valence-electron chi connectivity index (χ2n) is 5.52. The normalized spacial score (nSPS) is 25.7. The van der Waals surface area contributed by atoms with Crippen LogP contribution in [0.4, 0.5) is 0 Å². The number of H-pyrrole nitrogens is 1. The third kappa shape index (κ3) is 2.28. The Labute approximate surface area is 108 Å². The molecule has 1 aromatic carbocycles. The van der Waals surface area contributed by atoms with E-state index in [-0.39, 0.29) is 0 Å². The van der Waals surface area contributed by atoms with Gasteiger partial charge in [0.25, 0.3) is 0 Å². The maximum absolute atomic E-state index is 3.58. The van der Waals surface area contributed by atoms with Crippen molar-refractivity contribution in [1.82, 2.24) is 15.2 Å². The van der Waals surface area contributed by atoms with Gasteiger partial charge in [-0.15, -0.1) is 0 Å². The number of hydrogen-bond donors (Lipinski definition) is 2. The lowest BCUT2D eigenvalue weighted by molar-refractivity contribution is 0.167. The van der Waals surface area contributed by atoms with Crippen molar-refractivity contribution in [1.29, 1.82) is 0 Å². The maximum atomic E-state index is 3.58. The molecule has 0 radical (unpaired) electrons. The fourth-order valence-electron chi connectivity index (χ4n) is 3.07. The predicted molar refractivity (Wildman–Crippen MR) is 75.6 cm³/mol. The molecule has 0 amide bonds. The molecule has 3 heteroatoms. The van der Waals surface area contributed by atoms with Gasteiger partial charge in [-0.2, -0.15) is 0 Å². The zero-order valence-electron chi connectivity index (χ0n) is 11.1. The molecule has 3 nitrogen and oxygen atoms in total. The molecule has 3 rings (SSSR count). The van der Waals surface area contributed by atoms with Gasteiger partial charge in [0.05, 0.1) is 0 Å². The fraction of sp³-hybridized carbons (Fsp3) is 0.467. The minimum atomic E-state index is 0.582. The summed E-state index contributed by atoms with van der Waals surface area (Å²) in [5.41, 5.74) is 2.65. The number of nitrogens with zero attached hydrogens (tertiary/aromatic N) is 1. The summed E-state index contributed by atoms with van der Waals surface area (Å²) in [5.74, 6) is 0. The number of nitrogens with one attached hydrogen (secondary N) is 2. The van der Waals surface area contributed by atoms with Crippen molar-refractivity contribution >= 4 is 10.9 Å². The molecule has 1 aliphatic heterocycles. The molecule has 1 aliphatic rings. The van der Waals surface area contributed by atoms with Gasteiger partial charge in [0, 0.05) is 48.8 Å². The van der Waals surface area contributed by atoms with Crippen molar-refractivity contribution in [2.45, 2.75) is 32.5 Å². The van der Waals surface area contributed by atoms with Gasteiger partial charge in [-0.05, 0) is 25.5 Å². The summed E-state index contributed by atoms with van der Waals surface area (Å²) in [6, 6.07) is 9.70. The highest BCUT2D eigenvalue weighted by atomic mass is 15.2. The van der Waals surface area contributed by atoms with Crippen molar-refractivity contribution in [3.05, 3.63) is 36.0 Å². The van der Waals surface area contributed by atoms with E-state index in [1.165, 1.54) is 16.5 Å². The van der Waals surface area contributed by atoms with Gasteiger partial charge in [-0.3, -0.25) is 4.90 Å². The van der Waals surface area contributed by atoms with Gasteiger partial charge in [-0.1, -0.05) is 18.2 Å². The maximum Gasteiger partial charge on any atom is 0.0457 e. The van der Waals surface area contributed by atoms with Crippen LogP contribution >= 0.6 is 0 Å². The van der Waals surface area contributed by atoms with Gasteiger partial charge < -0.3 is 10.3 Å². The molecular weight excluding hydrogens is 222 g/mol. The first kappa shape index (κ1) is 11.8. The highest BCUT2D eigenvalue weighted by Crippen LogP contribution is 2.20. The van der Waals surface area contributed by atoms with E-state index in [2.05, 4.69) is 59.5 Å². The molecule has 18 heavy (non-hydrogen) atoms. The van der Waals surface area contributed by atoms with Crippen molar-refractivity contribution in [2.75, 3.05) is 13.1 Å². The van der Waals surface area contributed by atoms with E-state index in [0.717, 1.165) is 19.6 Å². The Morgan fingerprint density at radius 1 is 1.17 bits per heavy atom. The van der Waals surface area contributed by atoms with Gasteiger partial charge in [0.1, 0.15) is 0 Å². The molecule has 1 fully saturated rings. The van der Waals surface area contributed by atoms with Gasteiger partial charge in [0.2, 0.25) is 0 Å². The van der Waals surface area contributed by atoms with E-state index in [1.807, 2.05) is 0 Å². The largest absolute Gasteiger partial charge is 0.361 e. The van der Waals surface area contributed by atoms with Crippen LogP contribution in [0.5, 0.6) is 0 Å². The average molecular weight is 243 g/mol. The van der Waals surface area contributed by atoms with E-state index in [9.17, 15) is 0 Å². The first-order valence-corrected chi connectivity index (χ1v) is 6.76. The zero-order chi connectivity index (χ0) is 12.5. The summed E-state index contributed by atoms with van der Waals surface area (Å²) in [5, 5.41) is 4.93. The molecule has 2 N–H and O–H groups in total. The lowest BCUT2D eigenvalue weighted by Crippen LogP contribution is -2.53. The smallest absolute Gasteiger partial charge is 0.0457 e. The Hall–Kier alpha value is -1.32. The van der Waals surface area contributed by atoms with Gasteiger partial charge >= 0.3 is 0 Å². The lowest BCUT2D eigenvalue weighted by Gasteiger charge is -2.36. The average Bonchev–Trinajstić information content (AvgIpc) is 2.72. The van der Waals surface area contributed by atoms with Crippen LogP contribution in [0.15, 0.2) is 30.5 Å². The second-order valence-corrected chi connectivity index (χ2v) is 5.52. The zero-order valence-corrected chi connectivity index (χ0v) is 11.1. The van der Waals surface area contributed by atoms with E-state index >= 15 is 0 Å². The molecule has 0 aliphatic carbocycles. The molecule has 2 heterocycles. The van der Waals surface area contributed by atoms with Crippen molar-refractivity contribution < 1.29 is 0 Å². The third-order valence-corrected chi connectivity index (χ3v) is 3.70. The summed E-state index contributed by atoms with van der Waals surface area (Å²) in [4.78, 5) is 5.90. The molecule has 0 saturated carbocycles. The predicted octanol–water partition coefficient (Wildman–Crippen LogP) is 2.35. The van der Waals surface area contributed by atoms with Crippen LogP contribution < -0.4 is 5.32 Å². The Morgan fingerprint density at radius 3 is 2.67 bits per heavy atom. The first-order chi connectivity index (χ1) is 8.72. The third-order valence-electron chi connectivity index (χ3n) is 3.70. The standard InChI is InChI=1S/C15H21N3/c1-11-8-18(9-12(2)17-11)10-13-7-16-15-6-4-3-5-14(13)15/h3-7,11-12,16-17H,8-10H2,1-2H3. The molecule has 96 valence electrons. The van der Waals surface area contributed by atoms with Crippen molar-refractivity contribution in [3.63, 3.8) is 0 Å². The summed E-state index contributed by atoms with van der Waals surface area (Å²) < 4.78 is 0. The number of hydrogen-bond acceptors (Lipinski definition) is 2. The minimum Gasteiger partial charge on any atom is -0.361 e. The monoisotopic (exact) mass is 243 g/mol. The number of piperazine rings is 1. The lowest BCUT2D eigenvalue weighted by atomic mass is 10.1. The topological polar surface area (TPSA) is 31.1 Å². The Kier molecular flexibility index (Phi) is 3.10. The van der Waals surface area contributed by atoms with E-state index in [0.29, 0.717) is 12.1 Å². The van der Waals surface area contributed by atoms with Crippen LogP contribution in [0.1, 0.15) is 19.4 Å². The Balaban J connectivity index is 1.79. The van der Waals surface area contributed by atoms with Gasteiger partial charge in [0.15, 0.2) is 0 Å². The van der Waals surface area contributed by atoms with Gasteiger partial charge in [-0.25, -0.2) is 0 Å². The number of aromatic nitrogens is 1. The summed E-state index contributed by atoms with van der Waals surface area (Å²) >= 11 is 0. The second kappa shape index (κ2) is 4.75. The number of rotatable bonds is 2. The Bertz CT molecular complexity index is 521. The van der Waals surface area contributed by atoms with Crippen LogP contribution in [-0.4, -0.2) is 35.1 Å². The molecular formula is C15H21N3. The number of benzene rings is 1. The molecule has 1 aromatic heterocycles.